The van der Waals surface area contributed by atoms with E-state index in [1.165, 1.54) is 0 Å². The number of unbranched alkanes of at least 4 members (excludes halogenated alkanes) is 3. The lowest BCUT2D eigenvalue weighted by Gasteiger charge is -2.06. The lowest BCUT2D eigenvalue weighted by atomic mass is 10.2. The molecule has 0 amide bonds. The fourth-order valence-corrected chi connectivity index (χ4v) is 1.00. The van der Waals surface area contributed by atoms with Gasteiger partial charge in [-0.15, -0.1) is 0 Å². The Morgan fingerprint density at radius 2 is 1.93 bits per heavy atom. The van der Waals surface area contributed by atoms with E-state index in [1.54, 1.807) is 0 Å². The summed E-state index contributed by atoms with van der Waals surface area (Å²) in [4.78, 5) is 21.8. The molecule has 0 fully saturated rings. The number of hydrogen-bond acceptors (Lipinski definition) is 5. The normalized spacial score (nSPS) is 12.2. The van der Waals surface area contributed by atoms with E-state index in [2.05, 4.69) is 11.7 Å². The van der Waals surface area contributed by atoms with Crippen LogP contribution in [0, 0.1) is 0 Å². The highest BCUT2D eigenvalue weighted by atomic mass is 16.6. The van der Waals surface area contributed by atoms with Crippen LogP contribution in [0.3, 0.4) is 0 Å². The highest BCUT2D eigenvalue weighted by Gasteiger charge is 2.18. The standard InChI is InChI=1S/C10H18O5/c1-2-3-4-5-6-9(13)15-10(14)8(12)7-11/h8,11-12H,2-7H2,1H3. The maximum Gasteiger partial charge on any atom is 0.345 e. The molecular formula is C10H18O5. The second kappa shape index (κ2) is 8.38. The molecule has 0 aromatic heterocycles. The van der Waals surface area contributed by atoms with Crippen LogP contribution < -0.4 is 0 Å². The molecule has 0 radical (unpaired) electrons. The van der Waals surface area contributed by atoms with Gasteiger partial charge in [0.1, 0.15) is 0 Å². The molecule has 0 bridgehead atoms. The van der Waals surface area contributed by atoms with Gasteiger partial charge in [0.2, 0.25) is 0 Å². The molecule has 15 heavy (non-hydrogen) atoms. The summed E-state index contributed by atoms with van der Waals surface area (Å²) >= 11 is 0. The van der Waals surface area contributed by atoms with Gasteiger partial charge in [0, 0.05) is 6.42 Å². The van der Waals surface area contributed by atoms with E-state index in [9.17, 15) is 9.59 Å². The Morgan fingerprint density at radius 1 is 1.27 bits per heavy atom. The average molecular weight is 218 g/mol. The molecule has 1 atom stereocenters. The quantitative estimate of drug-likeness (QED) is 0.366. The summed E-state index contributed by atoms with van der Waals surface area (Å²) in [6.45, 7) is 1.32. The predicted molar refractivity (Wildman–Crippen MR) is 53.0 cm³/mol. The lowest BCUT2D eigenvalue weighted by molar-refractivity contribution is -0.167. The van der Waals surface area contributed by atoms with Crippen molar-refractivity contribution >= 4 is 11.9 Å². The number of carbonyl (C=O) groups excluding carboxylic acids is 2. The maximum atomic E-state index is 11.0. The fraction of sp³-hybridized carbons (Fsp3) is 0.800. The minimum atomic E-state index is -1.62. The van der Waals surface area contributed by atoms with Crippen molar-refractivity contribution < 1.29 is 24.5 Å². The molecule has 5 nitrogen and oxygen atoms in total. The zero-order chi connectivity index (χ0) is 11.7. The highest BCUT2D eigenvalue weighted by molar-refractivity contribution is 5.87. The molecule has 0 aliphatic carbocycles. The number of ether oxygens (including phenoxy) is 1. The van der Waals surface area contributed by atoms with E-state index in [4.69, 9.17) is 10.2 Å². The van der Waals surface area contributed by atoms with Gasteiger partial charge >= 0.3 is 11.9 Å². The van der Waals surface area contributed by atoms with Crippen molar-refractivity contribution in [2.24, 2.45) is 0 Å². The summed E-state index contributed by atoms with van der Waals surface area (Å²) in [6, 6.07) is 0. The third-order valence-electron chi connectivity index (χ3n) is 1.89. The van der Waals surface area contributed by atoms with Gasteiger partial charge in [0.15, 0.2) is 6.10 Å². The molecule has 0 aliphatic rings. The fourth-order valence-electron chi connectivity index (χ4n) is 1.00. The third kappa shape index (κ3) is 7.04. The van der Waals surface area contributed by atoms with E-state index in [-0.39, 0.29) is 6.42 Å². The Kier molecular flexibility index (Phi) is 7.85. The second-order valence-corrected chi connectivity index (χ2v) is 3.30. The van der Waals surface area contributed by atoms with Gasteiger partial charge < -0.3 is 14.9 Å². The molecule has 88 valence electrons. The Hall–Kier alpha value is -0.940. The molecule has 0 saturated heterocycles. The van der Waals surface area contributed by atoms with E-state index in [0.717, 1.165) is 19.3 Å². The summed E-state index contributed by atoms with van der Waals surface area (Å²) in [6.07, 6.45) is 2.25. The van der Waals surface area contributed by atoms with Gasteiger partial charge in [0.05, 0.1) is 6.61 Å². The maximum absolute atomic E-state index is 11.0. The van der Waals surface area contributed by atoms with Crippen LogP contribution in [0.1, 0.15) is 39.0 Å². The van der Waals surface area contributed by atoms with Crippen LogP contribution in [0.25, 0.3) is 0 Å². The number of carbonyl (C=O) groups is 2. The zero-order valence-corrected chi connectivity index (χ0v) is 8.94. The summed E-state index contributed by atoms with van der Waals surface area (Å²) in [7, 11) is 0. The van der Waals surface area contributed by atoms with Gasteiger partial charge in [-0.3, -0.25) is 4.79 Å². The first kappa shape index (κ1) is 14.1. The molecule has 0 aromatic carbocycles. The minimum Gasteiger partial charge on any atom is -0.393 e. The van der Waals surface area contributed by atoms with E-state index in [1.807, 2.05) is 0 Å². The van der Waals surface area contributed by atoms with Gasteiger partial charge in [-0.2, -0.15) is 0 Å². The summed E-state index contributed by atoms with van der Waals surface area (Å²) in [5, 5.41) is 17.2. The molecular weight excluding hydrogens is 200 g/mol. The van der Waals surface area contributed by atoms with Crippen molar-refractivity contribution in [1.82, 2.24) is 0 Å². The van der Waals surface area contributed by atoms with E-state index < -0.39 is 24.6 Å². The molecule has 5 heteroatoms. The molecule has 1 unspecified atom stereocenters. The van der Waals surface area contributed by atoms with Gasteiger partial charge in [-0.05, 0) is 6.42 Å². The predicted octanol–water partition coefficient (Wildman–Crippen LogP) is 0.380. The first-order valence-corrected chi connectivity index (χ1v) is 5.15. The van der Waals surface area contributed by atoms with Crippen molar-refractivity contribution in [2.75, 3.05) is 6.61 Å². The van der Waals surface area contributed by atoms with Crippen molar-refractivity contribution in [3.8, 4) is 0 Å². The first-order chi connectivity index (χ1) is 7.11. The third-order valence-corrected chi connectivity index (χ3v) is 1.89. The summed E-state index contributed by atoms with van der Waals surface area (Å²) in [5.74, 6) is -1.73. The highest BCUT2D eigenvalue weighted by Crippen LogP contribution is 2.03. The zero-order valence-electron chi connectivity index (χ0n) is 8.94. The van der Waals surface area contributed by atoms with Crippen molar-refractivity contribution in [3.63, 3.8) is 0 Å². The van der Waals surface area contributed by atoms with Gasteiger partial charge in [0.25, 0.3) is 0 Å². The van der Waals surface area contributed by atoms with Crippen molar-refractivity contribution in [1.29, 1.82) is 0 Å². The lowest BCUT2D eigenvalue weighted by Crippen LogP contribution is -2.28. The molecule has 0 heterocycles. The Labute approximate surface area is 89.0 Å². The van der Waals surface area contributed by atoms with Crippen LogP contribution in [-0.4, -0.2) is 34.9 Å². The first-order valence-electron chi connectivity index (χ1n) is 5.15. The van der Waals surface area contributed by atoms with Crippen molar-refractivity contribution in [3.05, 3.63) is 0 Å². The van der Waals surface area contributed by atoms with E-state index in [0.29, 0.717) is 6.42 Å². The Bertz CT molecular complexity index is 202. The molecule has 0 spiro atoms. The number of esters is 2. The SMILES string of the molecule is CCCCCCC(=O)OC(=O)C(O)CO. The molecule has 2 N–H and O–H groups in total. The monoisotopic (exact) mass is 218 g/mol. The van der Waals surface area contributed by atoms with E-state index >= 15 is 0 Å². The van der Waals surface area contributed by atoms with Crippen LogP contribution in [0.2, 0.25) is 0 Å². The van der Waals surface area contributed by atoms with Gasteiger partial charge in [-0.25, -0.2) is 4.79 Å². The van der Waals surface area contributed by atoms with Crippen LogP contribution in [-0.2, 0) is 14.3 Å². The van der Waals surface area contributed by atoms with Crippen LogP contribution in [0.4, 0.5) is 0 Å². The average Bonchev–Trinajstić information content (AvgIpc) is 2.23. The molecule has 0 aromatic rings. The molecule has 0 rings (SSSR count). The smallest absolute Gasteiger partial charge is 0.345 e. The Balaban J connectivity index is 3.60. The number of hydrogen-bond donors (Lipinski definition) is 2. The van der Waals surface area contributed by atoms with Crippen molar-refractivity contribution in [2.45, 2.75) is 45.1 Å². The minimum absolute atomic E-state index is 0.171. The Morgan fingerprint density at radius 3 is 2.47 bits per heavy atom. The topological polar surface area (TPSA) is 83.8 Å². The molecule has 0 saturated carbocycles. The van der Waals surface area contributed by atoms with Crippen LogP contribution in [0.5, 0.6) is 0 Å². The second-order valence-electron chi connectivity index (χ2n) is 3.30. The summed E-state index contributed by atoms with van der Waals surface area (Å²) in [5.41, 5.74) is 0. The largest absolute Gasteiger partial charge is 0.393 e. The van der Waals surface area contributed by atoms with Crippen LogP contribution in [0.15, 0.2) is 0 Å². The number of rotatable bonds is 7. The summed E-state index contributed by atoms with van der Waals surface area (Å²) < 4.78 is 4.30. The van der Waals surface area contributed by atoms with Gasteiger partial charge in [-0.1, -0.05) is 26.2 Å². The number of aliphatic hydroxyl groups excluding tert-OH is 2. The van der Waals surface area contributed by atoms with Crippen LogP contribution >= 0.6 is 0 Å². The number of aliphatic hydroxyl groups is 2. The molecule has 0 aliphatic heterocycles.